The van der Waals surface area contributed by atoms with Gasteiger partial charge in [0.2, 0.25) is 0 Å². The van der Waals surface area contributed by atoms with Crippen molar-refractivity contribution in [3.8, 4) is 0 Å². The van der Waals surface area contributed by atoms with E-state index in [0.29, 0.717) is 46.8 Å². The normalized spacial score (nSPS) is 17.8. The van der Waals surface area contributed by atoms with Gasteiger partial charge in [-0.1, -0.05) is 54.6 Å². The number of nitrogens with zero attached hydrogens (tertiary/aromatic N) is 1. The Morgan fingerprint density at radius 2 is 1.38 bits per heavy atom. The van der Waals surface area contributed by atoms with Crippen LogP contribution in [0.3, 0.4) is 0 Å². The zero-order valence-electron chi connectivity index (χ0n) is 15.8. The minimum absolute atomic E-state index is 0.0923. The van der Waals surface area contributed by atoms with Crippen molar-refractivity contribution >= 4 is 17.5 Å². The lowest BCUT2D eigenvalue weighted by atomic mass is 9.83. The molecule has 142 valence electrons. The van der Waals surface area contributed by atoms with Crippen molar-refractivity contribution in [3.05, 3.63) is 106 Å². The van der Waals surface area contributed by atoms with Crippen molar-refractivity contribution in [2.45, 2.75) is 12.3 Å². The minimum Gasteiger partial charge on any atom is -0.338 e. The summed E-state index contributed by atoms with van der Waals surface area (Å²) in [6.45, 7) is 1.35. The fraction of sp³-hybridized carbons (Fsp3) is 0.160. The van der Waals surface area contributed by atoms with E-state index in [9.17, 15) is 14.4 Å². The number of carbonyl (C=O) groups is 3. The molecular weight excluding hydrogens is 362 g/mol. The minimum atomic E-state index is -0.201. The Labute approximate surface area is 168 Å². The van der Waals surface area contributed by atoms with Crippen molar-refractivity contribution in [2.24, 2.45) is 0 Å². The second kappa shape index (κ2) is 6.82. The third-order valence-corrected chi connectivity index (χ3v) is 5.92. The molecule has 1 atom stereocenters. The predicted octanol–water partition coefficient (Wildman–Crippen LogP) is 4.09. The molecule has 1 fully saturated rings. The topological polar surface area (TPSA) is 54.5 Å². The van der Waals surface area contributed by atoms with Crippen molar-refractivity contribution in [1.82, 2.24) is 4.90 Å². The van der Waals surface area contributed by atoms with E-state index in [-0.39, 0.29) is 17.5 Å². The number of rotatable bonds is 2. The Hall–Kier alpha value is -3.53. The van der Waals surface area contributed by atoms with Crippen LogP contribution in [0, 0.1) is 0 Å². The van der Waals surface area contributed by atoms with Gasteiger partial charge in [-0.15, -0.1) is 0 Å². The highest BCUT2D eigenvalue weighted by Gasteiger charge is 2.32. The van der Waals surface area contributed by atoms with Crippen LogP contribution in [0.4, 0.5) is 0 Å². The molecule has 5 rings (SSSR count). The molecule has 3 aromatic carbocycles. The first kappa shape index (κ1) is 17.6. The Bertz CT molecular complexity index is 1150. The third kappa shape index (κ3) is 2.88. The van der Waals surface area contributed by atoms with Crippen LogP contribution in [0.15, 0.2) is 72.8 Å². The number of fused-ring (bicyclic) bond motifs is 2. The van der Waals surface area contributed by atoms with E-state index in [1.165, 1.54) is 5.56 Å². The first-order valence-corrected chi connectivity index (χ1v) is 9.80. The molecule has 2 aliphatic rings. The summed E-state index contributed by atoms with van der Waals surface area (Å²) in [7, 11) is 0. The highest BCUT2D eigenvalue weighted by atomic mass is 16.2. The zero-order chi connectivity index (χ0) is 20.0. The van der Waals surface area contributed by atoms with Gasteiger partial charge in [0.15, 0.2) is 11.6 Å². The first-order chi connectivity index (χ1) is 14.1. The average molecular weight is 381 g/mol. The summed E-state index contributed by atoms with van der Waals surface area (Å²) >= 11 is 0. The summed E-state index contributed by atoms with van der Waals surface area (Å²) in [5, 5.41) is 0. The summed E-state index contributed by atoms with van der Waals surface area (Å²) in [6, 6.07) is 21.9. The predicted molar refractivity (Wildman–Crippen MR) is 109 cm³/mol. The third-order valence-electron chi connectivity index (χ3n) is 5.92. The van der Waals surface area contributed by atoms with Crippen molar-refractivity contribution in [1.29, 1.82) is 0 Å². The number of ketones is 2. The van der Waals surface area contributed by atoms with Crippen LogP contribution < -0.4 is 0 Å². The Morgan fingerprint density at radius 1 is 0.759 bits per heavy atom. The SMILES string of the molecule is O=C1c2ccccc2C(=O)c2cc(C(=O)N3CC[C@@H](c4ccccc4)C3)ccc21. The first-order valence-electron chi connectivity index (χ1n) is 9.80. The maximum absolute atomic E-state index is 13.1. The Kier molecular flexibility index (Phi) is 4.13. The molecule has 1 aliphatic carbocycles. The molecule has 1 heterocycles. The summed E-state index contributed by atoms with van der Waals surface area (Å²) < 4.78 is 0. The van der Waals surface area contributed by atoms with E-state index in [1.54, 1.807) is 42.5 Å². The van der Waals surface area contributed by atoms with Gasteiger partial charge in [-0.25, -0.2) is 0 Å². The smallest absolute Gasteiger partial charge is 0.253 e. The van der Waals surface area contributed by atoms with Crippen LogP contribution in [0.2, 0.25) is 0 Å². The van der Waals surface area contributed by atoms with Gasteiger partial charge in [0.1, 0.15) is 0 Å². The molecule has 4 nitrogen and oxygen atoms in total. The van der Waals surface area contributed by atoms with Gasteiger partial charge in [0, 0.05) is 46.8 Å². The van der Waals surface area contributed by atoms with Gasteiger partial charge < -0.3 is 4.90 Å². The second-order valence-corrected chi connectivity index (χ2v) is 7.61. The number of hydrogen-bond donors (Lipinski definition) is 0. The lowest BCUT2D eigenvalue weighted by Crippen LogP contribution is -2.29. The summed E-state index contributed by atoms with van der Waals surface area (Å²) in [6.07, 6.45) is 0.922. The Morgan fingerprint density at radius 3 is 2.10 bits per heavy atom. The molecule has 4 heteroatoms. The molecule has 1 amide bonds. The number of amides is 1. The molecule has 0 saturated carbocycles. The highest BCUT2D eigenvalue weighted by Crippen LogP contribution is 2.30. The van der Waals surface area contributed by atoms with E-state index in [2.05, 4.69) is 12.1 Å². The van der Waals surface area contributed by atoms with Crippen LogP contribution in [-0.2, 0) is 0 Å². The Balaban J connectivity index is 1.43. The maximum atomic E-state index is 13.1. The summed E-state index contributed by atoms with van der Waals surface area (Å²) in [5.74, 6) is -0.133. The van der Waals surface area contributed by atoms with E-state index in [4.69, 9.17) is 0 Å². The molecule has 0 unspecified atom stereocenters. The fourth-order valence-electron chi connectivity index (χ4n) is 4.36. The molecule has 3 aromatic rings. The number of carbonyl (C=O) groups excluding carboxylic acids is 3. The average Bonchev–Trinajstić information content (AvgIpc) is 3.27. The largest absolute Gasteiger partial charge is 0.338 e. The number of hydrogen-bond acceptors (Lipinski definition) is 3. The summed E-state index contributed by atoms with van der Waals surface area (Å²) in [5.41, 5.74) is 3.21. The van der Waals surface area contributed by atoms with Crippen LogP contribution >= 0.6 is 0 Å². The van der Waals surface area contributed by atoms with Crippen LogP contribution in [0.5, 0.6) is 0 Å². The zero-order valence-corrected chi connectivity index (χ0v) is 15.8. The van der Waals surface area contributed by atoms with Gasteiger partial charge >= 0.3 is 0 Å². The van der Waals surface area contributed by atoms with Gasteiger partial charge in [-0.2, -0.15) is 0 Å². The van der Waals surface area contributed by atoms with Crippen molar-refractivity contribution in [3.63, 3.8) is 0 Å². The van der Waals surface area contributed by atoms with Crippen molar-refractivity contribution < 1.29 is 14.4 Å². The molecule has 0 bridgehead atoms. The molecular formula is C25H19NO3. The molecule has 0 radical (unpaired) electrons. The maximum Gasteiger partial charge on any atom is 0.253 e. The van der Waals surface area contributed by atoms with E-state index >= 15 is 0 Å². The van der Waals surface area contributed by atoms with Gasteiger partial charge in [-0.3, -0.25) is 14.4 Å². The molecule has 0 spiro atoms. The molecule has 1 aliphatic heterocycles. The monoisotopic (exact) mass is 381 g/mol. The fourth-order valence-corrected chi connectivity index (χ4v) is 4.36. The number of benzene rings is 3. The van der Waals surface area contributed by atoms with Crippen LogP contribution in [0.25, 0.3) is 0 Å². The van der Waals surface area contributed by atoms with Crippen LogP contribution in [0.1, 0.15) is 60.1 Å². The molecule has 0 N–H and O–H groups in total. The quantitative estimate of drug-likeness (QED) is 0.525. The van der Waals surface area contributed by atoms with E-state index < -0.39 is 0 Å². The van der Waals surface area contributed by atoms with Gasteiger partial charge in [0.25, 0.3) is 5.91 Å². The van der Waals surface area contributed by atoms with Gasteiger partial charge in [0.05, 0.1) is 0 Å². The van der Waals surface area contributed by atoms with Crippen molar-refractivity contribution in [2.75, 3.05) is 13.1 Å². The molecule has 29 heavy (non-hydrogen) atoms. The lowest BCUT2D eigenvalue weighted by Gasteiger charge is -2.20. The second-order valence-electron chi connectivity index (χ2n) is 7.61. The van der Waals surface area contributed by atoms with E-state index in [0.717, 1.165) is 6.42 Å². The molecule has 0 aromatic heterocycles. The standard InChI is InChI=1S/C25H19NO3/c27-23-19-8-4-5-9-20(19)24(28)22-14-17(10-11-21(22)23)25(29)26-13-12-18(15-26)16-6-2-1-3-7-16/h1-11,14,18H,12-13,15H2/t18-/m1/s1. The number of likely N-dealkylation sites (tertiary alicyclic amines) is 1. The molecule has 1 saturated heterocycles. The van der Waals surface area contributed by atoms with E-state index in [1.807, 2.05) is 23.1 Å². The lowest BCUT2D eigenvalue weighted by molar-refractivity contribution is 0.0790. The van der Waals surface area contributed by atoms with Gasteiger partial charge in [-0.05, 0) is 30.2 Å². The summed E-state index contributed by atoms with van der Waals surface area (Å²) in [4.78, 5) is 40.6. The highest BCUT2D eigenvalue weighted by molar-refractivity contribution is 6.28. The van der Waals surface area contributed by atoms with Crippen LogP contribution in [-0.4, -0.2) is 35.5 Å².